The zero-order chi connectivity index (χ0) is 19.4. The lowest BCUT2D eigenvalue weighted by atomic mass is 9.88. The molecule has 27 heavy (non-hydrogen) atoms. The second-order valence-electron chi connectivity index (χ2n) is 6.67. The maximum atomic E-state index is 12.7. The van der Waals surface area contributed by atoms with Gasteiger partial charge in [0.2, 0.25) is 5.72 Å². The second-order valence-corrected chi connectivity index (χ2v) is 6.67. The molecule has 0 bridgehead atoms. The number of nitrogens with two attached hydrogens (primary N) is 1. The van der Waals surface area contributed by atoms with Crippen LogP contribution in [0, 0.1) is 5.92 Å². The fraction of sp³-hybridized carbons (Fsp3) is 0.556. The monoisotopic (exact) mass is 376 g/mol. The van der Waals surface area contributed by atoms with Crippen molar-refractivity contribution in [3.05, 3.63) is 35.9 Å². The van der Waals surface area contributed by atoms with Gasteiger partial charge >= 0.3 is 12.0 Å². The largest absolute Gasteiger partial charge is 0.466 e. The number of carbonyl (C=O) groups is 2. The molecule has 1 aromatic carbocycles. The highest BCUT2D eigenvalue weighted by Gasteiger charge is 2.61. The number of esters is 1. The number of rotatable bonds is 6. The average Bonchev–Trinajstić information content (AvgIpc) is 3.15. The van der Waals surface area contributed by atoms with Gasteiger partial charge in [0.15, 0.2) is 0 Å². The SMILES string of the molecule is CCOC(=O)[C@H]1[C@@H]2[C@@H](OCc3ccccc3)CCN2O[C@]1(C)/N=N/C(N)=O. The molecule has 1 aromatic rings. The molecule has 2 fully saturated rings. The van der Waals surface area contributed by atoms with Gasteiger partial charge in [-0.2, -0.15) is 5.06 Å². The molecule has 2 amide bonds. The van der Waals surface area contributed by atoms with E-state index in [4.69, 9.17) is 20.0 Å². The normalized spacial score (nSPS) is 30.5. The van der Waals surface area contributed by atoms with E-state index in [0.717, 1.165) is 5.56 Å². The molecule has 4 atom stereocenters. The molecule has 2 N–H and O–H groups in total. The zero-order valence-corrected chi connectivity index (χ0v) is 15.4. The Labute approximate surface area is 157 Å². The highest BCUT2D eigenvalue weighted by atomic mass is 16.7. The molecular weight excluding hydrogens is 352 g/mol. The second kappa shape index (κ2) is 8.12. The average molecular weight is 376 g/mol. The predicted molar refractivity (Wildman–Crippen MR) is 94.2 cm³/mol. The Kier molecular flexibility index (Phi) is 5.83. The summed E-state index contributed by atoms with van der Waals surface area (Å²) in [7, 11) is 0. The third kappa shape index (κ3) is 4.15. The minimum Gasteiger partial charge on any atom is -0.466 e. The van der Waals surface area contributed by atoms with Crippen molar-refractivity contribution in [2.45, 2.75) is 44.7 Å². The van der Waals surface area contributed by atoms with E-state index in [1.165, 1.54) is 0 Å². The lowest BCUT2D eigenvalue weighted by molar-refractivity contribution is -0.194. The maximum Gasteiger partial charge on any atom is 0.356 e. The van der Waals surface area contributed by atoms with Gasteiger partial charge in [-0.05, 0) is 25.8 Å². The Morgan fingerprint density at radius 2 is 2.11 bits per heavy atom. The number of azo groups is 1. The first kappa shape index (κ1) is 19.4. The highest BCUT2D eigenvalue weighted by molar-refractivity contribution is 5.75. The van der Waals surface area contributed by atoms with E-state index in [-0.39, 0.29) is 18.8 Å². The number of amides is 2. The van der Waals surface area contributed by atoms with Crippen molar-refractivity contribution >= 4 is 12.0 Å². The molecule has 0 spiro atoms. The number of benzene rings is 1. The van der Waals surface area contributed by atoms with Crippen molar-refractivity contribution in [3.63, 3.8) is 0 Å². The van der Waals surface area contributed by atoms with Crippen LogP contribution in [0.3, 0.4) is 0 Å². The van der Waals surface area contributed by atoms with Crippen molar-refractivity contribution in [2.24, 2.45) is 21.9 Å². The summed E-state index contributed by atoms with van der Waals surface area (Å²) in [6.07, 6.45) is 0.460. The number of hydrogen-bond donors (Lipinski definition) is 1. The standard InChI is InChI=1S/C18H24N4O5/c1-3-25-16(23)14-15-13(26-11-12-7-5-4-6-8-12)9-10-22(15)27-18(14,2)21-20-17(19)24/h4-8,13-15H,3,9-11H2,1-2H3,(H2,19,24)/b21-20+/t13-,14+,15-,18-/m0/s1. The Bertz CT molecular complexity index is 713. The lowest BCUT2D eigenvalue weighted by Crippen LogP contribution is -2.45. The number of primary amides is 1. The highest BCUT2D eigenvalue weighted by Crippen LogP contribution is 2.44. The molecular formula is C18H24N4O5. The fourth-order valence-electron chi connectivity index (χ4n) is 3.64. The summed E-state index contributed by atoms with van der Waals surface area (Å²) in [4.78, 5) is 29.6. The molecule has 0 unspecified atom stereocenters. The molecule has 0 aromatic heterocycles. The van der Waals surface area contributed by atoms with Gasteiger partial charge in [-0.1, -0.05) is 35.4 Å². The number of carbonyl (C=O) groups excluding carboxylic acids is 2. The summed E-state index contributed by atoms with van der Waals surface area (Å²) in [5.41, 5.74) is 4.72. The van der Waals surface area contributed by atoms with E-state index >= 15 is 0 Å². The van der Waals surface area contributed by atoms with Gasteiger partial charge in [-0.25, -0.2) is 4.79 Å². The molecule has 146 valence electrons. The Balaban J connectivity index is 1.80. The van der Waals surface area contributed by atoms with Crippen LogP contribution in [-0.2, 0) is 25.7 Å². The number of nitrogens with zero attached hydrogens (tertiary/aromatic N) is 3. The van der Waals surface area contributed by atoms with Gasteiger partial charge < -0.3 is 15.2 Å². The van der Waals surface area contributed by atoms with Crippen LogP contribution >= 0.6 is 0 Å². The van der Waals surface area contributed by atoms with E-state index in [1.54, 1.807) is 18.9 Å². The number of hydroxylamine groups is 2. The van der Waals surface area contributed by atoms with Crippen molar-refractivity contribution in [2.75, 3.05) is 13.2 Å². The summed E-state index contributed by atoms with van der Waals surface area (Å²) in [6, 6.07) is 8.45. The number of ether oxygens (including phenoxy) is 2. The van der Waals surface area contributed by atoms with Gasteiger partial charge in [0, 0.05) is 6.54 Å². The molecule has 2 heterocycles. The molecule has 0 radical (unpaired) electrons. The van der Waals surface area contributed by atoms with Crippen LogP contribution in [0.5, 0.6) is 0 Å². The molecule has 9 nitrogen and oxygen atoms in total. The maximum absolute atomic E-state index is 12.7. The van der Waals surface area contributed by atoms with Crippen molar-refractivity contribution in [1.29, 1.82) is 0 Å². The molecule has 9 heteroatoms. The number of urea groups is 1. The fourth-order valence-corrected chi connectivity index (χ4v) is 3.64. The summed E-state index contributed by atoms with van der Waals surface area (Å²) in [6.45, 7) is 4.53. The van der Waals surface area contributed by atoms with Gasteiger partial charge in [-0.15, -0.1) is 5.11 Å². The van der Waals surface area contributed by atoms with Crippen LogP contribution in [0.4, 0.5) is 4.79 Å². The van der Waals surface area contributed by atoms with E-state index in [9.17, 15) is 9.59 Å². The third-order valence-corrected chi connectivity index (χ3v) is 4.76. The molecule has 0 saturated carbocycles. The minimum absolute atomic E-state index is 0.223. The van der Waals surface area contributed by atoms with Gasteiger partial charge in [0.25, 0.3) is 0 Å². The van der Waals surface area contributed by atoms with Crippen LogP contribution in [0.1, 0.15) is 25.8 Å². The van der Waals surface area contributed by atoms with E-state index in [1.807, 2.05) is 30.3 Å². The predicted octanol–water partition coefficient (Wildman–Crippen LogP) is 2.02. The van der Waals surface area contributed by atoms with Crippen molar-refractivity contribution in [1.82, 2.24) is 5.06 Å². The minimum atomic E-state index is -1.37. The molecule has 0 aliphatic carbocycles. The van der Waals surface area contributed by atoms with Crippen molar-refractivity contribution in [3.8, 4) is 0 Å². The van der Waals surface area contributed by atoms with E-state index < -0.39 is 23.6 Å². The van der Waals surface area contributed by atoms with Gasteiger partial charge in [-0.3, -0.25) is 9.63 Å². The molecule has 2 aliphatic heterocycles. The molecule has 2 aliphatic rings. The quantitative estimate of drug-likeness (QED) is 0.600. The Morgan fingerprint density at radius 3 is 2.78 bits per heavy atom. The van der Waals surface area contributed by atoms with Crippen LogP contribution in [0.25, 0.3) is 0 Å². The number of fused-ring (bicyclic) bond motifs is 1. The van der Waals surface area contributed by atoms with Crippen LogP contribution < -0.4 is 5.73 Å². The van der Waals surface area contributed by atoms with Crippen LogP contribution in [0.15, 0.2) is 40.6 Å². The number of hydrogen-bond acceptors (Lipinski definition) is 7. The molecule has 2 saturated heterocycles. The topological polar surface area (TPSA) is 116 Å². The van der Waals surface area contributed by atoms with Gasteiger partial charge in [0.1, 0.15) is 5.92 Å². The lowest BCUT2D eigenvalue weighted by Gasteiger charge is -2.27. The van der Waals surface area contributed by atoms with E-state index in [2.05, 4.69) is 10.2 Å². The zero-order valence-electron chi connectivity index (χ0n) is 15.4. The summed E-state index contributed by atoms with van der Waals surface area (Å²) in [5.74, 6) is -1.25. The first-order valence-corrected chi connectivity index (χ1v) is 8.95. The summed E-state index contributed by atoms with van der Waals surface area (Å²) in [5, 5.41) is 8.96. The van der Waals surface area contributed by atoms with Gasteiger partial charge in [0.05, 0.1) is 25.4 Å². The van der Waals surface area contributed by atoms with Crippen LogP contribution in [0.2, 0.25) is 0 Å². The first-order valence-electron chi connectivity index (χ1n) is 8.95. The Hall–Kier alpha value is -2.36. The summed E-state index contributed by atoms with van der Waals surface area (Å²) < 4.78 is 11.3. The first-order chi connectivity index (χ1) is 12.9. The third-order valence-electron chi connectivity index (χ3n) is 4.76. The van der Waals surface area contributed by atoms with Crippen molar-refractivity contribution < 1.29 is 23.9 Å². The summed E-state index contributed by atoms with van der Waals surface area (Å²) >= 11 is 0. The van der Waals surface area contributed by atoms with E-state index in [0.29, 0.717) is 19.6 Å². The van der Waals surface area contributed by atoms with Crippen LogP contribution in [-0.4, -0.2) is 48.1 Å². The Morgan fingerprint density at radius 1 is 1.37 bits per heavy atom. The smallest absolute Gasteiger partial charge is 0.356 e. The molecule has 3 rings (SSSR count).